The summed E-state index contributed by atoms with van der Waals surface area (Å²) >= 11 is 0. The molecule has 16 heavy (non-hydrogen) atoms. The first-order valence-corrected chi connectivity index (χ1v) is 5.64. The summed E-state index contributed by atoms with van der Waals surface area (Å²) in [6.45, 7) is 7.08. The third-order valence-electron chi connectivity index (χ3n) is 3.14. The van der Waals surface area contributed by atoms with Crippen molar-refractivity contribution in [1.82, 2.24) is 10.2 Å². The molecule has 0 saturated carbocycles. The lowest BCUT2D eigenvalue weighted by atomic mass is 9.96. The number of carboxylic acids is 1. The molecule has 1 amide bonds. The van der Waals surface area contributed by atoms with E-state index in [2.05, 4.69) is 5.32 Å². The first-order chi connectivity index (χ1) is 7.39. The third kappa shape index (κ3) is 2.52. The van der Waals surface area contributed by atoms with Gasteiger partial charge in [0.1, 0.15) is 5.54 Å². The summed E-state index contributed by atoms with van der Waals surface area (Å²) in [6.07, 6.45) is 0.442. The number of carboxylic acid groups (broad SMARTS) is 1. The Kier molecular flexibility index (Phi) is 3.91. The highest BCUT2D eigenvalue weighted by molar-refractivity contribution is 5.86. The minimum Gasteiger partial charge on any atom is -0.480 e. The molecule has 1 aliphatic rings. The molecule has 0 aliphatic carbocycles. The average Bonchev–Trinajstić information content (AvgIpc) is 2.12. The Morgan fingerprint density at radius 2 is 2.00 bits per heavy atom. The van der Waals surface area contributed by atoms with E-state index in [0.717, 1.165) is 13.1 Å². The van der Waals surface area contributed by atoms with Gasteiger partial charge in [-0.2, -0.15) is 0 Å². The predicted molar refractivity (Wildman–Crippen MR) is 60.1 cm³/mol. The molecule has 0 atom stereocenters. The predicted octanol–water partition coefficient (Wildman–Crippen LogP) is 0.308. The Hall–Kier alpha value is -1.10. The second-order valence-corrected chi connectivity index (χ2v) is 4.73. The SMILES string of the molecule is CCN(C(=O)CC1CNC1)C(C)(C)C(=O)O. The lowest BCUT2D eigenvalue weighted by Crippen LogP contribution is -2.54. The van der Waals surface area contributed by atoms with E-state index < -0.39 is 11.5 Å². The summed E-state index contributed by atoms with van der Waals surface area (Å²) in [5.74, 6) is -0.665. The van der Waals surface area contributed by atoms with Crippen LogP contribution in [0.3, 0.4) is 0 Å². The smallest absolute Gasteiger partial charge is 0.329 e. The van der Waals surface area contributed by atoms with Crippen molar-refractivity contribution < 1.29 is 14.7 Å². The van der Waals surface area contributed by atoms with Crippen LogP contribution in [0.1, 0.15) is 27.2 Å². The molecule has 5 heteroatoms. The van der Waals surface area contributed by atoms with E-state index in [1.165, 1.54) is 4.90 Å². The van der Waals surface area contributed by atoms with Crippen LogP contribution in [0.5, 0.6) is 0 Å². The molecular weight excluding hydrogens is 208 g/mol. The van der Waals surface area contributed by atoms with Gasteiger partial charge in [0.15, 0.2) is 0 Å². The van der Waals surface area contributed by atoms with Crippen LogP contribution in [0.2, 0.25) is 0 Å². The Morgan fingerprint density at radius 3 is 2.31 bits per heavy atom. The van der Waals surface area contributed by atoms with Gasteiger partial charge >= 0.3 is 5.97 Å². The summed E-state index contributed by atoms with van der Waals surface area (Å²) in [5, 5.41) is 12.2. The number of hydrogen-bond donors (Lipinski definition) is 2. The maximum absolute atomic E-state index is 12.0. The summed E-state index contributed by atoms with van der Waals surface area (Å²) in [7, 11) is 0. The summed E-state index contributed by atoms with van der Waals surface area (Å²) < 4.78 is 0. The molecule has 1 aliphatic heterocycles. The van der Waals surface area contributed by atoms with Crippen molar-refractivity contribution in [1.29, 1.82) is 0 Å². The van der Waals surface area contributed by atoms with Gasteiger partial charge in [-0.3, -0.25) is 4.79 Å². The van der Waals surface area contributed by atoms with E-state index in [-0.39, 0.29) is 5.91 Å². The number of carbonyl (C=O) groups is 2. The lowest BCUT2D eigenvalue weighted by molar-refractivity contribution is -0.157. The van der Waals surface area contributed by atoms with Crippen molar-refractivity contribution in [3.05, 3.63) is 0 Å². The zero-order valence-corrected chi connectivity index (χ0v) is 10.1. The van der Waals surface area contributed by atoms with Crippen LogP contribution in [0.25, 0.3) is 0 Å². The van der Waals surface area contributed by atoms with E-state index >= 15 is 0 Å². The van der Waals surface area contributed by atoms with Gasteiger partial charge in [-0.25, -0.2) is 4.79 Å². The van der Waals surface area contributed by atoms with Gasteiger partial charge in [0, 0.05) is 13.0 Å². The van der Waals surface area contributed by atoms with E-state index in [9.17, 15) is 9.59 Å². The van der Waals surface area contributed by atoms with Gasteiger partial charge in [0.2, 0.25) is 5.91 Å². The average molecular weight is 228 g/mol. The quantitative estimate of drug-likeness (QED) is 0.710. The Labute approximate surface area is 95.8 Å². The molecule has 92 valence electrons. The number of carbonyl (C=O) groups excluding carboxylic acids is 1. The van der Waals surface area contributed by atoms with Gasteiger partial charge < -0.3 is 15.3 Å². The number of hydrogen-bond acceptors (Lipinski definition) is 3. The van der Waals surface area contributed by atoms with Crippen LogP contribution in [0.4, 0.5) is 0 Å². The van der Waals surface area contributed by atoms with Crippen molar-refractivity contribution in [2.45, 2.75) is 32.7 Å². The summed E-state index contributed by atoms with van der Waals surface area (Å²) in [4.78, 5) is 24.5. The highest BCUT2D eigenvalue weighted by Crippen LogP contribution is 2.19. The van der Waals surface area contributed by atoms with Crippen LogP contribution in [-0.2, 0) is 9.59 Å². The highest BCUT2D eigenvalue weighted by Gasteiger charge is 2.37. The monoisotopic (exact) mass is 228 g/mol. The number of likely N-dealkylation sites (N-methyl/N-ethyl adjacent to an activating group) is 1. The van der Waals surface area contributed by atoms with E-state index in [0.29, 0.717) is 18.9 Å². The molecule has 0 aromatic rings. The molecule has 2 N–H and O–H groups in total. The molecule has 1 fully saturated rings. The van der Waals surface area contributed by atoms with Crippen LogP contribution in [-0.4, -0.2) is 47.1 Å². The van der Waals surface area contributed by atoms with Gasteiger partial charge in [-0.1, -0.05) is 0 Å². The summed E-state index contributed by atoms with van der Waals surface area (Å²) in [6, 6.07) is 0. The Balaban J connectivity index is 2.64. The molecular formula is C11H20N2O3. The Morgan fingerprint density at radius 1 is 1.44 bits per heavy atom. The van der Waals surface area contributed by atoms with Gasteiger partial charge in [-0.15, -0.1) is 0 Å². The summed E-state index contributed by atoms with van der Waals surface area (Å²) in [5.41, 5.74) is -1.12. The molecule has 5 nitrogen and oxygen atoms in total. The molecule has 0 aromatic heterocycles. The molecule has 0 bridgehead atoms. The number of amides is 1. The maximum atomic E-state index is 12.0. The van der Waals surface area contributed by atoms with E-state index in [4.69, 9.17) is 5.11 Å². The van der Waals surface area contributed by atoms with Crippen LogP contribution < -0.4 is 5.32 Å². The molecule has 0 aromatic carbocycles. The van der Waals surface area contributed by atoms with Crippen molar-refractivity contribution in [2.75, 3.05) is 19.6 Å². The first kappa shape index (κ1) is 13.0. The number of rotatable bonds is 5. The number of nitrogens with zero attached hydrogens (tertiary/aromatic N) is 1. The van der Waals surface area contributed by atoms with Crippen molar-refractivity contribution in [3.8, 4) is 0 Å². The maximum Gasteiger partial charge on any atom is 0.329 e. The van der Waals surface area contributed by atoms with Gasteiger partial charge in [0.05, 0.1) is 0 Å². The zero-order chi connectivity index (χ0) is 12.3. The highest BCUT2D eigenvalue weighted by atomic mass is 16.4. The van der Waals surface area contributed by atoms with Crippen molar-refractivity contribution in [3.63, 3.8) is 0 Å². The normalized spacial score (nSPS) is 16.7. The molecule has 0 unspecified atom stereocenters. The fourth-order valence-electron chi connectivity index (χ4n) is 1.85. The second kappa shape index (κ2) is 4.82. The van der Waals surface area contributed by atoms with Crippen molar-refractivity contribution in [2.24, 2.45) is 5.92 Å². The molecule has 1 heterocycles. The topological polar surface area (TPSA) is 69.6 Å². The fourth-order valence-corrected chi connectivity index (χ4v) is 1.85. The standard InChI is InChI=1S/C11H20N2O3/c1-4-13(11(2,3)10(15)16)9(14)5-8-6-12-7-8/h8,12H,4-7H2,1-3H3,(H,15,16). The van der Waals surface area contributed by atoms with Crippen LogP contribution in [0, 0.1) is 5.92 Å². The van der Waals surface area contributed by atoms with Gasteiger partial charge in [-0.05, 0) is 39.8 Å². The van der Waals surface area contributed by atoms with Crippen LogP contribution >= 0.6 is 0 Å². The Bertz CT molecular complexity index is 285. The van der Waals surface area contributed by atoms with E-state index in [1.54, 1.807) is 13.8 Å². The van der Waals surface area contributed by atoms with Crippen molar-refractivity contribution >= 4 is 11.9 Å². The minimum atomic E-state index is -1.12. The number of aliphatic carboxylic acids is 1. The largest absolute Gasteiger partial charge is 0.480 e. The fraction of sp³-hybridized carbons (Fsp3) is 0.818. The zero-order valence-electron chi connectivity index (χ0n) is 10.1. The van der Waals surface area contributed by atoms with Crippen LogP contribution in [0.15, 0.2) is 0 Å². The third-order valence-corrected chi connectivity index (χ3v) is 3.14. The first-order valence-electron chi connectivity index (χ1n) is 5.64. The van der Waals surface area contributed by atoms with E-state index in [1.807, 2.05) is 6.92 Å². The molecule has 1 rings (SSSR count). The number of nitrogens with one attached hydrogen (secondary N) is 1. The lowest BCUT2D eigenvalue weighted by Gasteiger charge is -2.36. The minimum absolute atomic E-state index is 0.0681. The van der Waals surface area contributed by atoms with Gasteiger partial charge in [0.25, 0.3) is 0 Å². The molecule has 0 spiro atoms. The molecule has 1 saturated heterocycles. The molecule has 0 radical (unpaired) electrons. The second-order valence-electron chi connectivity index (χ2n) is 4.73.